The number of amides is 2. The van der Waals surface area contributed by atoms with E-state index in [1.807, 2.05) is 17.0 Å². The van der Waals surface area contributed by atoms with Crippen LogP contribution in [0.4, 0.5) is 10.5 Å². The topological polar surface area (TPSA) is 35.6 Å². The third-order valence-electron chi connectivity index (χ3n) is 5.22. The molecular formula is C20H22ClN3O. The first-order chi connectivity index (χ1) is 12.2. The smallest absolute Gasteiger partial charge is 0.321 e. The lowest BCUT2D eigenvalue weighted by Gasteiger charge is -2.38. The summed E-state index contributed by atoms with van der Waals surface area (Å²) in [6, 6.07) is 16.5. The van der Waals surface area contributed by atoms with Gasteiger partial charge in [0.15, 0.2) is 0 Å². The Bertz CT molecular complexity index is 746. The SMILES string of the molecule is O=C(Nc1cccc(Cl)c1)N1CCN(C2Cc3ccccc3C2)CC1. The summed E-state index contributed by atoms with van der Waals surface area (Å²) in [5, 5.41) is 3.56. The van der Waals surface area contributed by atoms with Crippen molar-refractivity contribution >= 4 is 23.3 Å². The van der Waals surface area contributed by atoms with Crippen LogP contribution in [0, 0.1) is 0 Å². The molecule has 0 aromatic heterocycles. The normalized spacial score (nSPS) is 18.2. The van der Waals surface area contributed by atoms with Gasteiger partial charge in [-0.15, -0.1) is 0 Å². The number of benzene rings is 2. The van der Waals surface area contributed by atoms with Gasteiger partial charge < -0.3 is 10.2 Å². The fourth-order valence-corrected chi connectivity index (χ4v) is 4.04. The van der Waals surface area contributed by atoms with Crippen molar-refractivity contribution in [1.29, 1.82) is 0 Å². The zero-order chi connectivity index (χ0) is 17.2. The number of halogens is 1. The molecule has 1 aliphatic heterocycles. The second-order valence-electron chi connectivity index (χ2n) is 6.79. The number of urea groups is 1. The quantitative estimate of drug-likeness (QED) is 0.892. The Morgan fingerprint density at radius 1 is 0.960 bits per heavy atom. The van der Waals surface area contributed by atoms with Crippen LogP contribution in [0.5, 0.6) is 0 Å². The minimum absolute atomic E-state index is 0.0448. The van der Waals surface area contributed by atoms with Crippen molar-refractivity contribution in [2.24, 2.45) is 0 Å². The van der Waals surface area contributed by atoms with Crippen LogP contribution in [0.1, 0.15) is 11.1 Å². The van der Waals surface area contributed by atoms with E-state index >= 15 is 0 Å². The molecule has 1 fully saturated rings. The molecule has 4 nitrogen and oxygen atoms in total. The number of rotatable bonds is 2. The molecule has 4 rings (SSSR count). The molecule has 0 saturated carbocycles. The monoisotopic (exact) mass is 355 g/mol. The van der Waals surface area contributed by atoms with Crippen LogP contribution in [0.3, 0.4) is 0 Å². The lowest BCUT2D eigenvalue weighted by Crippen LogP contribution is -2.53. The Morgan fingerprint density at radius 3 is 2.28 bits per heavy atom. The standard InChI is InChI=1S/C20H22ClN3O/c21-17-6-3-7-18(14-17)22-20(25)24-10-8-23(9-11-24)19-12-15-4-1-2-5-16(15)13-19/h1-7,14,19H,8-13H2,(H,22,25). The second-order valence-corrected chi connectivity index (χ2v) is 7.23. The molecule has 2 aliphatic rings. The Labute approximate surface area is 153 Å². The highest BCUT2D eigenvalue weighted by atomic mass is 35.5. The maximum atomic E-state index is 12.4. The van der Waals surface area contributed by atoms with Crippen molar-refractivity contribution in [3.8, 4) is 0 Å². The molecule has 5 heteroatoms. The average Bonchev–Trinajstić information content (AvgIpc) is 3.06. The molecule has 1 heterocycles. The first kappa shape index (κ1) is 16.4. The number of anilines is 1. The number of hydrogen-bond acceptors (Lipinski definition) is 2. The third-order valence-corrected chi connectivity index (χ3v) is 5.46. The Balaban J connectivity index is 1.31. The van der Waals surface area contributed by atoms with Gasteiger partial charge in [-0.3, -0.25) is 4.90 Å². The summed E-state index contributed by atoms with van der Waals surface area (Å²) in [5.74, 6) is 0. The first-order valence-corrected chi connectivity index (χ1v) is 9.19. The van der Waals surface area contributed by atoms with Crippen molar-refractivity contribution in [1.82, 2.24) is 9.80 Å². The van der Waals surface area contributed by atoms with Crippen LogP contribution in [-0.2, 0) is 12.8 Å². The van der Waals surface area contributed by atoms with Crippen molar-refractivity contribution in [2.45, 2.75) is 18.9 Å². The predicted octanol–water partition coefficient (Wildman–Crippen LogP) is 3.66. The van der Waals surface area contributed by atoms with Crippen molar-refractivity contribution in [2.75, 3.05) is 31.5 Å². The van der Waals surface area contributed by atoms with Crippen molar-refractivity contribution in [3.05, 3.63) is 64.7 Å². The van der Waals surface area contributed by atoms with Gasteiger partial charge in [-0.25, -0.2) is 4.79 Å². The lowest BCUT2D eigenvalue weighted by atomic mass is 10.1. The van der Waals surface area contributed by atoms with Crippen LogP contribution in [0.25, 0.3) is 0 Å². The van der Waals surface area contributed by atoms with E-state index in [0.29, 0.717) is 11.1 Å². The summed E-state index contributed by atoms with van der Waals surface area (Å²) < 4.78 is 0. The van der Waals surface area contributed by atoms with Gasteiger partial charge in [0.2, 0.25) is 0 Å². The minimum atomic E-state index is -0.0448. The largest absolute Gasteiger partial charge is 0.322 e. The summed E-state index contributed by atoms with van der Waals surface area (Å²) in [4.78, 5) is 16.9. The van der Waals surface area contributed by atoms with E-state index in [1.165, 1.54) is 11.1 Å². The zero-order valence-corrected chi connectivity index (χ0v) is 14.9. The zero-order valence-electron chi connectivity index (χ0n) is 14.1. The van der Waals surface area contributed by atoms with Gasteiger partial charge in [-0.1, -0.05) is 41.9 Å². The molecule has 1 saturated heterocycles. The molecule has 130 valence electrons. The Morgan fingerprint density at radius 2 is 1.64 bits per heavy atom. The molecular weight excluding hydrogens is 334 g/mol. The highest BCUT2D eigenvalue weighted by Gasteiger charge is 2.30. The third kappa shape index (κ3) is 3.65. The molecule has 1 N–H and O–H groups in total. The molecule has 0 radical (unpaired) electrons. The molecule has 2 amide bonds. The van der Waals surface area contributed by atoms with Gasteiger partial charge in [0.1, 0.15) is 0 Å². The molecule has 0 spiro atoms. The average molecular weight is 356 g/mol. The van der Waals surface area contributed by atoms with Crippen LogP contribution in [0.15, 0.2) is 48.5 Å². The maximum absolute atomic E-state index is 12.4. The number of carbonyl (C=O) groups is 1. The molecule has 0 atom stereocenters. The minimum Gasteiger partial charge on any atom is -0.322 e. The molecule has 0 bridgehead atoms. The predicted molar refractivity (Wildman–Crippen MR) is 101 cm³/mol. The molecule has 2 aromatic carbocycles. The van der Waals surface area contributed by atoms with E-state index in [4.69, 9.17) is 11.6 Å². The number of piperazine rings is 1. The summed E-state index contributed by atoms with van der Waals surface area (Å²) in [7, 11) is 0. The number of carbonyl (C=O) groups excluding carboxylic acids is 1. The van der Waals surface area contributed by atoms with E-state index in [9.17, 15) is 4.79 Å². The van der Waals surface area contributed by atoms with Gasteiger partial charge in [-0.2, -0.15) is 0 Å². The van der Waals surface area contributed by atoms with Crippen molar-refractivity contribution in [3.63, 3.8) is 0 Å². The van der Waals surface area contributed by atoms with E-state index in [0.717, 1.165) is 44.7 Å². The summed E-state index contributed by atoms with van der Waals surface area (Å²) in [6.45, 7) is 3.39. The molecule has 0 unspecified atom stereocenters. The van der Waals surface area contributed by atoms with Gasteiger partial charge in [0.05, 0.1) is 0 Å². The van der Waals surface area contributed by atoms with Gasteiger partial charge >= 0.3 is 6.03 Å². The van der Waals surface area contributed by atoms with Crippen molar-refractivity contribution < 1.29 is 4.79 Å². The Kier molecular flexibility index (Phi) is 4.64. The maximum Gasteiger partial charge on any atom is 0.321 e. The lowest BCUT2D eigenvalue weighted by molar-refractivity contribution is 0.116. The number of hydrogen-bond donors (Lipinski definition) is 1. The van der Waals surface area contributed by atoms with Crippen LogP contribution in [-0.4, -0.2) is 48.1 Å². The van der Waals surface area contributed by atoms with Crippen LogP contribution < -0.4 is 5.32 Å². The van der Waals surface area contributed by atoms with Crippen LogP contribution >= 0.6 is 11.6 Å². The fraction of sp³-hybridized carbons (Fsp3) is 0.350. The summed E-state index contributed by atoms with van der Waals surface area (Å²) >= 11 is 5.97. The fourth-order valence-electron chi connectivity index (χ4n) is 3.85. The first-order valence-electron chi connectivity index (χ1n) is 8.81. The number of fused-ring (bicyclic) bond motifs is 1. The number of nitrogens with one attached hydrogen (secondary N) is 1. The van der Waals surface area contributed by atoms with E-state index < -0.39 is 0 Å². The van der Waals surface area contributed by atoms with E-state index in [-0.39, 0.29) is 6.03 Å². The second kappa shape index (κ2) is 7.06. The summed E-state index contributed by atoms with van der Waals surface area (Å²) in [6.07, 6.45) is 2.26. The summed E-state index contributed by atoms with van der Waals surface area (Å²) in [5.41, 5.74) is 3.70. The highest BCUT2D eigenvalue weighted by molar-refractivity contribution is 6.30. The van der Waals surface area contributed by atoms with Gasteiger partial charge in [0.25, 0.3) is 0 Å². The Hall–Kier alpha value is -2.04. The molecule has 1 aliphatic carbocycles. The van der Waals surface area contributed by atoms with E-state index in [2.05, 4.69) is 34.5 Å². The molecule has 25 heavy (non-hydrogen) atoms. The molecule has 2 aromatic rings. The van der Waals surface area contributed by atoms with E-state index in [1.54, 1.807) is 12.1 Å². The van der Waals surface area contributed by atoms with Gasteiger partial charge in [-0.05, 0) is 42.2 Å². The van der Waals surface area contributed by atoms with Gasteiger partial charge in [0, 0.05) is 42.9 Å². The highest BCUT2D eigenvalue weighted by Crippen LogP contribution is 2.26. The number of nitrogens with zero attached hydrogens (tertiary/aromatic N) is 2. The van der Waals surface area contributed by atoms with Crippen LogP contribution in [0.2, 0.25) is 5.02 Å².